The number of amides is 1. The molecule has 0 aromatic rings. The van der Waals surface area contributed by atoms with Crippen molar-refractivity contribution in [2.45, 2.75) is 18.6 Å². The normalized spacial score (nSPS) is 26.6. The number of aliphatic hydroxyl groups is 1. The Morgan fingerprint density at radius 3 is 2.86 bits per heavy atom. The summed E-state index contributed by atoms with van der Waals surface area (Å²) in [6, 6.07) is -0.247. The summed E-state index contributed by atoms with van der Waals surface area (Å²) in [5.41, 5.74) is 0. The number of ether oxygens (including phenoxy) is 1. The smallest absolute Gasteiger partial charge is 0.410 e. The van der Waals surface area contributed by atoms with Crippen LogP contribution in [0.1, 0.15) is 6.42 Å². The Balaban J connectivity index is 2.34. The van der Waals surface area contributed by atoms with Crippen molar-refractivity contribution in [3.63, 3.8) is 0 Å². The molecule has 1 rings (SSSR count). The van der Waals surface area contributed by atoms with Crippen LogP contribution in [0.2, 0.25) is 0 Å². The number of aliphatic hydroxyl groups excluding tert-OH is 1. The second-order valence-corrected chi connectivity index (χ2v) is 3.35. The van der Waals surface area contributed by atoms with E-state index < -0.39 is 12.2 Å². The van der Waals surface area contributed by atoms with Gasteiger partial charge in [-0.15, -0.1) is 0 Å². The van der Waals surface area contributed by atoms with Gasteiger partial charge in [-0.25, -0.2) is 4.79 Å². The second-order valence-electron chi connectivity index (χ2n) is 2.94. The Hall–Kier alpha value is -0.920. The molecule has 1 saturated heterocycles. The lowest BCUT2D eigenvalue weighted by atomic mass is 10.1. The molecule has 6 nitrogen and oxygen atoms in total. The van der Waals surface area contributed by atoms with Crippen LogP contribution in [0, 0.1) is 0 Å². The fourth-order valence-electron chi connectivity index (χ4n) is 1.19. The van der Waals surface area contributed by atoms with Crippen LogP contribution in [0.25, 0.3) is 0 Å². The summed E-state index contributed by atoms with van der Waals surface area (Å²) >= 11 is 4.71. The lowest BCUT2D eigenvalue weighted by molar-refractivity contribution is -0.0231. The fourth-order valence-corrected chi connectivity index (χ4v) is 1.43. The zero-order chi connectivity index (χ0) is 10.6. The van der Waals surface area contributed by atoms with Gasteiger partial charge in [0.2, 0.25) is 0 Å². The van der Waals surface area contributed by atoms with Gasteiger partial charge in [-0.3, -0.25) is 5.32 Å². The fraction of sp³-hybridized carbons (Fsp3) is 0.714. The molecule has 1 aliphatic rings. The largest absolute Gasteiger partial charge is 0.465 e. The summed E-state index contributed by atoms with van der Waals surface area (Å²) in [4.78, 5) is 10.2. The van der Waals surface area contributed by atoms with Crippen LogP contribution in [0.3, 0.4) is 0 Å². The molecule has 0 aromatic carbocycles. The lowest BCUT2D eigenvalue weighted by Gasteiger charge is -2.29. The number of hydrogen-bond donors (Lipinski definition) is 4. The Morgan fingerprint density at radius 2 is 2.29 bits per heavy atom. The molecule has 0 radical (unpaired) electrons. The maximum absolute atomic E-state index is 10.2. The van der Waals surface area contributed by atoms with Gasteiger partial charge in [-0.1, -0.05) is 0 Å². The summed E-state index contributed by atoms with van der Waals surface area (Å²) in [5, 5.41) is 22.5. The van der Waals surface area contributed by atoms with E-state index in [1.54, 1.807) is 0 Å². The minimum Gasteiger partial charge on any atom is -0.465 e. The SMILES string of the molecule is O=C(O)NC(=S)NC1CCOCC1O. The van der Waals surface area contributed by atoms with Gasteiger partial charge in [0.05, 0.1) is 18.8 Å². The van der Waals surface area contributed by atoms with Crippen molar-refractivity contribution >= 4 is 23.4 Å². The van der Waals surface area contributed by atoms with Crippen LogP contribution in [-0.2, 0) is 4.74 Å². The summed E-state index contributed by atoms with van der Waals surface area (Å²) in [6.45, 7) is 0.776. The van der Waals surface area contributed by atoms with Crippen molar-refractivity contribution in [1.29, 1.82) is 0 Å². The number of nitrogens with one attached hydrogen (secondary N) is 2. The van der Waals surface area contributed by atoms with E-state index in [0.717, 1.165) is 0 Å². The van der Waals surface area contributed by atoms with Gasteiger partial charge >= 0.3 is 6.09 Å². The van der Waals surface area contributed by atoms with Crippen LogP contribution < -0.4 is 10.6 Å². The van der Waals surface area contributed by atoms with E-state index in [9.17, 15) is 9.90 Å². The molecule has 80 valence electrons. The Labute approximate surface area is 86.2 Å². The van der Waals surface area contributed by atoms with Crippen LogP contribution in [-0.4, -0.2) is 46.8 Å². The predicted octanol–water partition coefficient (Wildman–Crippen LogP) is -0.722. The number of thiocarbonyl (C=S) groups is 1. The highest BCUT2D eigenvalue weighted by Gasteiger charge is 2.24. The summed E-state index contributed by atoms with van der Waals surface area (Å²) < 4.78 is 5.00. The molecule has 1 amide bonds. The predicted molar refractivity (Wildman–Crippen MR) is 52.1 cm³/mol. The van der Waals surface area contributed by atoms with Gasteiger partial charge in [0, 0.05) is 6.61 Å². The van der Waals surface area contributed by atoms with Crippen molar-refractivity contribution in [1.82, 2.24) is 10.6 Å². The zero-order valence-corrected chi connectivity index (χ0v) is 8.21. The molecule has 1 heterocycles. The van der Waals surface area contributed by atoms with Gasteiger partial charge in [0.25, 0.3) is 0 Å². The average Bonchev–Trinajstić information content (AvgIpc) is 2.07. The first-order chi connectivity index (χ1) is 6.59. The number of carboxylic acid groups (broad SMARTS) is 1. The van der Waals surface area contributed by atoms with Crippen molar-refractivity contribution in [3.8, 4) is 0 Å². The quantitative estimate of drug-likeness (QED) is 0.436. The van der Waals surface area contributed by atoms with Crippen LogP contribution in [0.15, 0.2) is 0 Å². The van der Waals surface area contributed by atoms with Gasteiger partial charge in [-0.05, 0) is 18.6 Å². The second kappa shape index (κ2) is 5.08. The Kier molecular flexibility index (Phi) is 4.05. The first-order valence-corrected chi connectivity index (χ1v) is 4.56. The molecule has 1 fully saturated rings. The monoisotopic (exact) mass is 220 g/mol. The molecular weight excluding hydrogens is 208 g/mol. The Morgan fingerprint density at radius 1 is 1.57 bits per heavy atom. The van der Waals surface area contributed by atoms with E-state index in [2.05, 4.69) is 5.32 Å². The first-order valence-electron chi connectivity index (χ1n) is 4.16. The Bertz CT molecular complexity index is 236. The molecule has 2 unspecified atom stereocenters. The van der Waals surface area contributed by atoms with E-state index in [1.165, 1.54) is 0 Å². The van der Waals surface area contributed by atoms with Gasteiger partial charge in [-0.2, -0.15) is 0 Å². The molecule has 0 aromatic heterocycles. The van der Waals surface area contributed by atoms with E-state index >= 15 is 0 Å². The number of carbonyl (C=O) groups is 1. The molecular formula is C7H12N2O4S. The number of hydrogen-bond acceptors (Lipinski definition) is 4. The third-order valence-corrected chi connectivity index (χ3v) is 2.08. The average molecular weight is 220 g/mol. The van der Waals surface area contributed by atoms with E-state index in [1.807, 2.05) is 5.32 Å². The molecule has 0 aliphatic carbocycles. The minimum atomic E-state index is -1.22. The highest BCUT2D eigenvalue weighted by Crippen LogP contribution is 2.06. The molecule has 7 heteroatoms. The highest BCUT2D eigenvalue weighted by atomic mass is 32.1. The zero-order valence-electron chi connectivity index (χ0n) is 7.40. The summed E-state index contributed by atoms with van der Waals surface area (Å²) in [5.74, 6) is 0. The maximum atomic E-state index is 10.2. The molecule has 0 bridgehead atoms. The third kappa shape index (κ3) is 3.44. The first kappa shape index (κ1) is 11.2. The summed E-state index contributed by atoms with van der Waals surface area (Å²) in [7, 11) is 0. The highest BCUT2D eigenvalue weighted by molar-refractivity contribution is 7.80. The topological polar surface area (TPSA) is 90.8 Å². The van der Waals surface area contributed by atoms with Crippen LogP contribution in [0.5, 0.6) is 0 Å². The van der Waals surface area contributed by atoms with Crippen LogP contribution >= 0.6 is 12.2 Å². The van der Waals surface area contributed by atoms with Crippen molar-refractivity contribution < 1.29 is 19.7 Å². The molecule has 4 N–H and O–H groups in total. The third-order valence-electron chi connectivity index (χ3n) is 1.86. The van der Waals surface area contributed by atoms with Crippen molar-refractivity contribution in [2.75, 3.05) is 13.2 Å². The molecule has 14 heavy (non-hydrogen) atoms. The van der Waals surface area contributed by atoms with Crippen molar-refractivity contribution in [3.05, 3.63) is 0 Å². The molecule has 1 aliphatic heterocycles. The standard InChI is InChI=1S/C7H12N2O4S/c10-5-3-13-2-1-4(5)8-6(14)9-7(11)12/h4-5,10H,1-3H2,(H,11,12)(H2,8,9,14). The number of rotatable bonds is 1. The van der Waals surface area contributed by atoms with E-state index in [-0.39, 0.29) is 17.8 Å². The molecule has 0 saturated carbocycles. The maximum Gasteiger partial charge on any atom is 0.410 e. The lowest BCUT2D eigenvalue weighted by Crippen LogP contribution is -2.52. The van der Waals surface area contributed by atoms with E-state index in [0.29, 0.717) is 13.0 Å². The van der Waals surface area contributed by atoms with Gasteiger partial charge < -0.3 is 20.3 Å². The van der Waals surface area contributed by atoms with Gasteiger partial charge in [0.1, 0.15) is 0 Å². The van der Waals surface area contributed by atoms with E-state index in [4.69, 9.17) is 22.1 Å². The van der Waals surface area contributed by atoms with Crippen LogP contribution in [0.4, 0.5) is 4.79 Å². The summed E-state index contributed by atoms with van der Waals surface area (Å²) in [6.07, 6.45) is -1.27. The minimum absolute atomic E-state index is 0.00319. The van der Waals surface area contributed by atoms with Crippen molar-refractivity contribution in [2.24, 2.45) is 0 Å². The molecule has 0 spiro atoms. The van der Waals surface area contributed by atoms with Gasteiger partial charge in [0.15, 0.2) is 5.11 Å². The molecule has 2 atom stereocenters.